The van der Waals surface area contributed by atoms with Gasteiger partial charge in [0.1, 0.15) is 11.6 Å². The molecule has 3 rings (SSSR count). The number of amides is 2. The number of carbonyl (C=O) groups is 1. The third-order valence-corrected chi connectivity index (χ3v) is 4.86. The van der Waals surface area contributed by atoms with Crippen LogP contribution in [0.1, 0.15) is 44.1 Å². The van der Waals surface area contributed by atoms with E-state index in [2.05, 4.69) is 10.6 Å². The first-order valence-corrected chi connectivity index (χ1v) is 8.64. The fourth-order valence-corrected chi connectivity index (χ4v) is 3.25. The van der Waals surface area contributed by atoms with Gasteiger partial charge in [-0.2, -0.15) is 0 Å². The monoisotopic (exact) mass is 338 g/mol. The minimum absolute atomic E-state index is 0.127. The van der Waals surface area contributed by atoms with Crippen molar-refractivity contribution in [2.75, 3.05) is 13.2 Å². The zero-order valence-electron chi connectivity index (χ0n) is 13.9. The fraction of sp³-hybridized carbons (Fsp3) is 0.611. The second-order valence-electron chi connectivity index (χ2n) is 6.89. The standard InChI is InChI=1S/C18H24F2N2O2/c1-11(15-5-4-13(19)8-16(15)20)10-21-18(23)22-14-6-7-24-17(9-14)12-2-3-12/h4-5,8,11-12,14,17H,2-3,6-7,9-10H2,1H3,(H2,21,22,23). The van der Waals surface area contributed by atoms with Crippen molar-refractivity contribution < 1.29 is 18.3 Å². The van der Waals surface area contributed by atoms with Crippen molar-refractivity contribution in [1.29, 1.82) is 0 Å². The highest BCUT2D eigenvalue weighted by atomic mass is 19.1. The Bertz CT molecular complexity index is 592. The topological polar surface area (TPSA) is 50.4 Å². The van der Waals surface area contributed by atoms with Crippen molar-refractivity contribution >= 4 is 6.03 Å². The normalized spacial score (nSPS) is 25.1. The molecule has 1 heterocycles. The lowest BCUT2D eigenvalue weighted by Crippen LogP contribution is -2.47. The molecule has 4 nitrogen and oxygen atoms in total. The van der Waals surface area contributed by atoms with Crippen LogP contribution in [0.3, 0.4) is 0 Å². The van der Waals surface area contributed by atoms with Crippen molar-refractivity contribution in [3.63, 3.8) is 0 Å². The van der Waals surface area contributed by atoms with Gasteiger partial charge < -0.3 is 15.4 Å². The minimum Gasteiger partial charge on any atom is -0.378 e. The molecule has 2 N–H and O–H groups in total. The molecule has 24 heavy (non-hydrogen) atoms. The van der Waals surface area contributed by atoms with Crippen molar-refractivity contribution in [2.24, 2.45) is 5.92 Å². The van der Waals surface area contributed by atoms with E-state index in [0.29, 0.717) is 24.6 Å². The van der Waals surface area contributed by atoms with Crippen LogP contribution in [-0.2, 0) is 4.74 Å². The van der Waals surface area contributed by atoms with Crippen LogP contribution in [0, 0.1) is 17.6 Å². The molecular formula is C18H24F2N2O2. The number of ether oxygens (including phenoxy) is 1. The molecule has 2 fully saturated rings. The third-order valence-electron chi connectivity index (χ3n) is 4.86. The van der Waals surface area contributed by atoms with Crippen LogP contribution in [-0.4, -0.2) is 31.3 Å². The van der Waals surface area contributed by atoms with E-state index in [0.717, 1.165) is 18.9 Å². The molecule has 6 heteroatoms. The van der Waals surface area contributed by atoms with Crippen LogP contribution in [0.2, 0.25) is 0 Å². The van der Waals surface area contributed by atoms with Crippen LogP contribution in [0.5, 0.6) is 0 Å². The smallest absolute Gasteiger partial charge is 0.315 e. The average molecular weight is 338 g/mol. The van der Waals surface area contributed by atoms with Crippen LogP contribution in [0.4, 0.5) is 13.6 Å². The second kappa shape index (κ2) is 7.47. The molecule has 0 radical (unpaired) electrons. The average Bonchev–Trinajstić information content (AvgIpc) is 3.38. The van der Waals surface area contributed by atoms with Gasteiger partial charge in [0.15, 0.2) is 0 Å². The van der Waals surface area contributed by atoms with E-state index in [1.165, 1.54) is 25.0 Å². The summed E-state index contributed by atoms with van der Waals surface area (Å²) >= 11 is 0. The first kappa shape index (κ1) is 17.1. The quantitative estimate of drug-likeness (QED) is 0.865. The SMILES string of the molecule is CC(CNC(=O)NC1CCOC(C2CC2)C1)c1ccc(F)cc1F. The lowest BCUT2D eigenvalue weighted by molar-refractivity contribution is -0.00914. The molecule has 1 aromatic rings. The van der Waals surface area contributed by atoms with E-state index < -0.39 is 11.6 Å². The Morgan fingerprint density at radius 3 is 2.83 bits per heavy atom. The first-order valence-electron chi connectivity index (χ1n) is 8.64. The van der Waals surface area contributed by atoms with Gasteiger partial charge in [-0.1, -0.05) is 13.0 Å². The van der Waals surface area contributed by atoms with E-state index in [4.69, 9.17) is 4.74 Å². The maximum Gasteiger partial charge on any atom is 0.315 e. The van der Waals surface area contributed by atoms with Gasteiger partial charge in [0, 0.05) is 31.2 Å². The predicted molar refractivity (Wildman–Crippen MR) is 86.8 cm³/mol. The number of benzene rings is 1. The van der Waals surface area contributed by atoms with Gasteiger partial charge in [0.2, 0.25) is 0 Å². The van der Waals surface area contributed by atoms with E-state index in [1.807, 2.05) is 0 Å². The van der Waals surface area contributed by atoms with Gasteiger partial charge in [-0.3, -0.25) is 0 Å². The van der Waals surface area contributed by atoms with Gasteiger partial charge in [0.25, 0.3) is 0 Å². The van der Waals surface area contributed by atoms with Gasteiger partial charge >= 0.3 is 6.03 Å². The summed E-state index contributed by atoms with van der Waals surface area (Å²) in [7, 11) is 0. The largest absolute Gasteiger partial charge is 0.378 e. The molecular weight excluding hydrogens is 314 g/mol. The van der Waals surface area contributed by atoms with Gasteiger partial charge in [-0.25, -0.2) is 13.6 Å². The number of urea groups is 1. The summed E-state index contributed by atoms with van der Waals surface area (Å²) in [4.78, 5) is 12.1. The molecule has 3 unspecified atom stereocenters. The lowest BCUT2D eigenvalue weighted by Gasteiger charge is -2.30. The summed E-state index contributed by atoms with van der Waals surface area (Å²) in [5, 5.41) is 5.76. The molecule has 1 aromatic carbocycles. The number of carbonyl (C=O) groups excluding carboxylic acids is 1. The first-order chi connectivity index (χ1) is 11.5. The number of halogens is 2. The summed E-state index contributed by atoms with van der Waals surface area (Å²) in [6.45, 7) is 2.78. The second-order valence-corrected chi connectivity index (χ2v) is 6.89. The van der Waals surface area contributed by atoms with Crippen LogP contribution >= 0.6 is 0 Å². The molecule has 0 aromatic heterocycles. The molecule has 3 atom stereocenters. The van der Waals surface area contributed by atoms with Crippen LogP contribution in [0.15, 0.2) is 18.2 Å². The molecule has 2 amide bonds. The summed E-state index contributed by atoms with van der Waals surface area (Å²) in [6.07, 6.45) is 4.41. The Kier molecular flexibility index (Phi) is 5.33. The third kappa shape index (κ3) is 4.44. The lowest BCUT2D eigenvalue weighted by atomic mass is 10.00. The van der Waals surface area contributed by atoms with Crippen LogP contribution < -0.4 is 10.6 Å². The van der Waals surface area contributed by atoms with E-state index in [-0.39, 0.29) is 24.1 Å². The Morgan fingerprint density at radius 1 is 1.33 bits per heavy atom. The Hall–Kier alpha value is -1.69. The zero-order chi connectivity index (χ0) is 17.1. The molecule has 0 spiro atoms. The molecule has 1 aliphatic heterocycles. The van der Waals surface area contributed by atoms with E-state index in [1.54, 1.807) is 6.92 Å². The van der Waals surface area contributed by atoms with Crippen molar-refractivity contribution in [3.8, 4) is 0 Å². The van der Waals surface area contributed by atoms with E-state index >= 15 is 0 Å². The van der Waals surface area contributed by atoms with Crippen molar-refractivity contribution in [3.05, 3.63) is 35.4 Å². The number of nitrogens with one attached hydrogen (secondary N) is 2. The van der Waals surface area contributed by atoms with Crippen LogP contribution in [0.25, 0.3) is 0 Å². The zero-order valence-corrected chi connectivity index (χ0v) is 13.9. The van der Waals surface area contributed by atoms with Gasteiger partial charge in [-0.05, 0) is 43.2 Å². The molecule has 2 aliphatic rings. The number of hydrogen-bond acceptors (Lipinski definition) is 2. The molecule has 1 saturated carbocycles. The molecule has 0 bridgehead atoms. The molecule has 1 saturated heterocycles. The summed E-state index contributed by atoms with van der Waals surface area (Å²) in [6, 6.07) is 3.40. The highest BCUT2D eigenvalue weighted by Gasteiger charge is 2.36. The van der Waals surface area contributed by atoms with E-state index in [9.17, 15) is 13.6 Å². The van der Waals surface area contributed by atoms with Crippen molar-refractivity contribution in [1.82, 2.24) is 10.6 Å². The minimum atomic E-state index is -0.598. The molecule has 1 aliphatic carbocycles. The Balaban J connectivity index is 1.44. The number of hydrogen-bond donors (Lipinski definition) is 2. The maximum atomic E-state index is 13.7. The highest BCUT2D eigenvalue weighted by Crippen LogP contribution is 2.38. The fourth-order valence-electron chi connectivity index (χ4n) is 3.25. The molecule has 132 valence electrons. The van der Waals surface area contributed by atoms with Crippen molar-refractivity contribution in [2.45, 2.75) is 50.7 Å². The Labute approximate surface area is 141 Å². The summed E-state index contributed by atoms with van der Waals surface area (Å²) in [5.41, 5.74) is 0.400. The summed E-state index contributed by atoms with van der Waals surface area (Å²) < 4.78 is 32.4. The maximum absolute atomic E-state index is 13.7. The Morgan fingerprint density at radius 2 is 2.12 bits per heavy atom. The number of rotatable bonds is 5. The van der Waals surface area contributed by atoms with Gasteiger partial charge in [-0.15, -0.1) is 0 Å². The summed E-state index contributed by atoms with van der Waals surface area (Å²) in [5.74, 6) is -0.746. The highest BCUT2D eigenvalue weighted by molar-refractivity contribution is 5.74. The van der Waals surface area contributed by atoms with Gasteiger partial charge in [0.05, 0.1) is 6.10 Å². The predicted octanol–water partition coefficient (Wildman–Crippen LogP) is 3.33.